The third-order valence-electron chi connectivity index (χ3n) is 3.93. The van der Waals surface area contributed by atoms with Crippen LogP contribution >= 0.6 is 11.6 Å². The van der Waals surface area contributed by atoms with Crippen LogP contribution in [0.1, 0.15) is 12.8 Å². The highest BCUT2D eigenvalue weighted by Crippen LogP contribution is 2.23. The van der Waals surface area contributed by atoms with Crippen LogP contribution < -0.4 is 15.6 Å². The normalized spacial score (nSPS) is 10.7. The average Bonchev–Trinajstić information content (AvgIpc) is 2.62. The number of nitrogens with one attached hydrogen (secondary N) is 1. The van der Waals surface area contributed by atoms with Gasteiger partial charge in [0.2, 0.25) is 5.91 Å². The zero-order valence-electron chi connectivity index (χ0n) is 14.2. The predicted octanol–water partition coefficient (Wildman–Crippen LogP) is 3.38. The summed E-state index contributed by atoms with van der Waals surface area (Å²) in [6, 6.07) is 12.3. The van der Waals surface area contributed by atoms with Gasteiger partial charge in [0.25, 0.3) is 5.56 Å². The molecule has 1 N–H and O–H groups in total. The Balaban J connectivity index is 1.57. The van der Waals surface area contributed by atoms with Gasteiger partial charge in [-0.15, -0.1) is 0 Å². The summed E-state index contributed by atoms with van der Waals surface area (Å²) in [4.78, 5) is 27.9. The van der Waals surface area contributed by atoms with Crippen molar-refractivity contribution in [2.24, 2.45) is 7.05 Å². The van der Waals surface area contributed by atoms with Gasteiger partial charge in [0.05, 0.1) is 12.1 Å². The van der Waals surface area contributed by atoms with Crippen molar-refractivity contribution in [2.75, 3.05) is 11.9 Å². The van der Waals surface area contributed by atoms with E-state index in [0.717, 1.165) is 10.9 Å². The van der Waals surface area contributed by atoms with E-state index in [9.17, 15) is 9.59 Å². The summed E-state index contributed by atoms with van der Waals surface area (Å²) < 4.78 is 7.33. The zero-order chi connectivity index (χ0) is 18.5. The number of carbonyl (C=O) groups is 1. The molecule has 3 aromatic rings. The Morgan fingerprint density at radius 2 is 2.08 bits per heavy atom. The van der Waals surface area contributed by atoms with Gasteiger partial charge in [0.15, 0.2) is 0 Å². The molecule has 0 aliphatic heterocycles. The molecule has 0 saturated carbocycles. The minimum atomic E-state index is -0.135. The molecule has 0 aliphatic rings. The summed E-state index contributed by atoms with van der Waals surface area (Å²) in [5, 5.41) is 3.94. The maximum absolute atomic E-state index is 12.0. The lowest BCUT2D eigenvalue weighted by Gasteiger charge is -2.11. The quantitative estimate of drug-likeness (QED) is 0.532. The third-order valence-corrected chi connectivity index (χ3v) is 4.14. The van der Waals surface area contributed by atoms with Crippen LogP contribution in [0.3, 0.4) is 0 Å². The van der Waals surface area contributed by atoms with Crippen LogP contribution in [0.4, 0.5) is 5.69 Å². The summed E-state index contributed by atoms with van der Waals surface area (Å²) in [5.74, 6) is 0.398. The average molecular weight is 372 g/mol. The van der Waals surface area contributed by atoms with Crippen molar-refractivity contribution < 1.29 is 9.53 Å². The van der Waals surface area contributed by atoms with Gasteiger partial charge in [0.1, 0.15) is 10.9 Å². The summed E-state index contributed by atoms with van der Waals surface area (Å²) in [5.41, 5.74) is 1.28. The Hall–Kier alpha value is -2.86. The predicted molar refractivity (Wildman–Crippen MR) is 102 cm³/mol. The molecule has 0 fully saturated rings. The zero-order valence-corrected chi connectivity index (χ0v) is 15.0. The maximum Gasteiger partial charge on any atom is 0.254 e. The topological polar surface area (TPSA) is 73.2 Å². The van der Waals surface area contributed by atoms with Gasteiger partial charge in [-0.2, -0.15) is 0 Å². The summed E-state index contributed by atoms with van der Waals surface area (Å²) >= 11 is 5.78. The molecule has 1 amide bonds. The van der Waals surface area contributed by atoms with E-state index in [4.69, 9.17) is 16.3 Å². The second kappa shape index (κ2) is 8.01. The van der Waals surface area contributed by atoms with Crippen LogP contribution in [0.15, 0.2) is 53.5 Å². The number of aromatic nitrogens is 2. The molecule has 7 heteroatoms. The van der Waals surface area contributed by atoms with Crippen LogP contribution in [0.2, 0.25) is 5.15 Å². The van der Waals surface area contributed by atoms with Crippen LogP contribution in [-0.2, 0) is 11.8 Å². The fourth-order valence-electron chi connectivity index (χ4n) is 2.62. The van der Waals surface area contributed by atoms with Gasteiger partial charge < -0.3 is 14.6 Å². The third kappa shape index (κ3) is 4.21. The molecule has 6 nitrogen and oxygen atoms in total. The Kier molecular flexibility index (Phi) is 5.53. The number of pyridine rings is 2. The van der Waals surface area contributed by atoms with E-state index < -0.39 is 0 Å². The second-order valence-electron chi connectivity index (χ2n) is 5.79. The number of fused-ring (bicyclic) bond motifs is 1. The van der Waals surface area contributed by atoms with Crippen molar-refractivity contribution in [1.29, 1.82) is 0 Å². The van der Waals surface area contributed by atoms with E-state index in [2.05, 4.69) is 10.3 Å². The smallest absolute Gasteiger partial charge is 0.254 e. The number of rotatable bonds is 6. The molecule has 134 valence electrons. The molecule has 0 saturated heterocycles. The van der Waals surface area contributed by atoms with Gasteiger partial charge in [0, 0.05) is 36.8 Å². The van der Waals surface area contributed by atoms with Gasteiger partial charge >= 0.3 is 0 Å². The number of para-hydroxylation sites is 1. The number of nitrogens with zero attached hydrogens (tertiary/aromatic N) is 2. The highest BCUT2D eigenvalue weighted by molar-refractivity contribution is 6.29. The van der Waals surface area contributed by atoms with Crippen molar-refractivity contribution in [1.82, 2.24) is 9.55 Å². The first-order valence-corrected chi connectivity index (χ1v) is 8.55. The number of aryl methyl sites for hydroxylation is 1. The Labute approximate surface area is 155 Å². The van der Waals surface area contributed by atoms with Gasteiger partial charge in [-0.05, 0) is 30.7 Å². The minimum absolute atomic E-state index is 0.133. The molecular weight excluding hydrogens is 354 g/mol. The SMILES string of the molecule is Cn1c(=O)cc(OCCCC(=O)Nc2ccnc(Cl)c2)c2ccccc21. The Morgan fingerprint density at radius 1 is 1.27 bits per heavy atom. The molecule has 0 atom stereocenters. The van der Waals surface area contributed by atoms with Crippen LogP contribution in [0.5, 0.6) is 5.75 Å². The second-order valence-corrected chi connectivity index (χ2v) is 6.18. The molecule has 0 bridgehead atoms. The lowest BCUT2D eigenvalue weighted by atomic mass is 10.2. The number of amides is 1. The van der Waals surface area contributed by atoms with E-state index in [0.29, 0.717) is 36.0 Å². The largest absolute Gasteiger partial charge is 0.493 e. The summed E-state index contributed by atoms with van der Waals surface area (Å²) in [6.07, 6.45) is 2.35. The van der Waals surface area contributed by atoms with E-state index in [-0.39, 0.29) is 11.5 Å². The number of hydrogen-bond donors (Lipinski definition) is 1. The highest BCUT2D eigenvalue weighted by atomic mass is 35.5. The first kappa shape index (κ1) is 17.9. The van der Waals surface area contributed by atoms with E-state index in [1.807, 2.05) is 24.3 Å². The molecule has 3 rings (SSSR count). The van der Waals surface area contributed by atoms with Crippen molar-refractivity contribution in [2.45, 2.75) is 12.8 Å². The number of hydrogen-bond acceptors (Lipinski definition) is 4. The highest BCUT2D eigenvalue weighted by Gasteiger charge is 2.08. The molecular formula is C19H18ClN3O3. The first-order valence-electron chi connectivity index (χ1n) is 8.17. The fraction of sp³-hybridized carbons (Fsp3) is 0.211. The summed E-state index contributed by atoms with van der Waals surface area (Å²) in [6.45, 7) is 0.335. The monoisotopic (exact) mass is 371 g/mol. The van der Waals surface area contributed by atoms with Crippen molar-refractivity contribution in [3.8, 4) is 5.75 Å². The molecule has 0 radical (unpaired) electrons. The van der Waals surface area contributed by atoms with Gasteiger partial charge in [-0.1, -0.05) is 23.7 Å². The lowest BCUT2D eigenvalue weighted by Crippen LogP contribution is -2.17. The summed E-state index contributed by atoms with van der Waals surface area (Å²) in [7, 11) is 1.73. The fourth-order valence-corrected chi connectivity index (χ4v) is 2.79. The lowest BCUT2D eigenvalue weighted by molar-refractivity contribution is -0.116. The Morgan fingerprint density at radius 3 is 2.88 bits per heavy atom. The van der Waals surface area contributed by atoms with Crippen LogP contribution in [-0.4, -0.2) is 22.1 Å². The minimum Gasteiger partial charge on any atom is -0.493 e. The number of anilines is 1. The molecule has 0 spiro atoms. The molecule has 26 heavy (non-hydrogen) atoms. The first-order chi connectivity index (χ1) is 12.5. The van der Waals surface area contributed by atoms with Crippen LogP contribution in [0, 0.1) is 0 Å². The van der Waals surface area contributed by atoms with E-state index in [1.54, 1.807) is 23.7 Å². The molecule has 1 aromatic carbocycles. The molecule has 2 heterocycles. The van der Waals surface area contributed by atoms with Gasteiger partial charge in [-0.3, -0.25) is 9.59 Å². The number of benzene rings is 1. The van der Waals surface area contributed by atoms with Crippen molar-refractivity contribution >= 4 is 34.1 Å². The number of ether oxygens (including phenoxy) is 1. The number of carbonyl (C=O) groups excluding carboxylic acids is 1. The number of halogens is 1. The maximum atomic E-state index is 12.0. The molecule has 2 aromatic heterocycles. The van der Waals surface area contributed by atoms with Crippen molar-refractivity contribution in [3.63, 3.8) is 0 Å². The van der Waals surface area contributed by atoms with Crippen LogP contribution in [0.25, 0.3) is 10.9 Å². The standard InChI is InChI=1S/C19H18ClN3O3/c1-23-15-6-3-2-5-14(15)16(12-19(23)25)26-10-4-7-18(24)22-13-8-9-21-17(20)11-13/h2-3,5-6,8-9,11-12H,4,7,10H2,1H3,(H,21,22,24). The Bertz CT molecular complexity index is 1000. The van der Waals surface area contributed by atoms with Gasteiger partial charge in [-0.25, -0.2) is 4.98 Å². The molecule has 0 unspecified atom stereocenters. The molecule has 0 aliphatic carbocycles. The van der Waals surface area contributed by atoms with E-state index in [1.165, 1.54) is 12.3 Å². The van der Waals surface area contributed by atoms with Crippen molar-refractivity contribution in [3.05, 3.63) is 64.2 Å². The van der Waals surface area contributed by atoms with E-state index >= 15 is 0 Å².